The Morgan fingerprint density at radius 2 is 1.92 bits per heavy atom. The lowest BCUT2D eigenvalue weighted by Gasteiger charge is -2.42. The fourth-order valence-corrected chi connectivity index (χ4v) is 3.61. The summed E-state index contributed by atoms with van der Waals surface area (Å²) in [6.45, 7) is 7.20. The van der Waals surface area contributed by atoms with Crippen molar-refractivity contribution in [3.8, 4) is 0 Å². The second-order valence-electron chi connectivity index (χ2n) is 7.66. The molecule has 0 radical (unpaired) electrons. The van der Waals surface area contributed by atoms with Crippen LogP contribution in [0.2, 0.25) is 0 Å². The standard InChI is InChI=1S/C17H31N3O4/c1-4-20(9-14(21)22)13-7-12(8-13)19-16(24)18-10-17(5-6-17)15(23)11(2)3/h11-13,15,23H,4-10H2,1-3H3,(H,21,22)(H2,18,19,24). The fraction of sp³-hybridized carbons (Fsp3) is 0.882. The number of nitrogens with one attached hydrogen (secondary N) is 2. The van der Waals surface area contributed by atoms with Gasteiger partial charge in [0, 0.05) is 24.0 Å². The molecule has 0 aromatic carbocycles. The van der Waals surface area contributed by atoms with E-state index >= 15 is 0 Å². The lowest BCUT2D eigenvalue weighted by atomic mass is 9.85. The third-order valence-electron chi connectivity index (χ3n) is 5.46. The van der Waals surface area contributed by atoms with Gasteiger partial charge in [-0.05, 0) is 38.1 Å². The van der Waals surface area contributed by atoms with Crippen LogP contribution in [-0.4, -0.2) is 64.9 Å². The number of likely N-dealkylation sites (N-methyl/N-ethyl adjacent to an activating group) is 1. The molecule has 1 unspecified atom stereocenters. The summed E-state index contributed by atoms with van der Waals surface area (Å²) in [6.07, 6.45) is 3.11. The molecule has 2 aliphatic rings. The molecule has 138 valence electrons. The Labute approximate surface area is 143 Å². The summed E-state index contributed by atoms with van der Waals surface area (Å²) in [5.74, 6) is -0.622. The van der Waals surface area contributed by atoms with Gasteiger partial charge in [-0.3, -0.25) is 9.69 Å². The van der Waals surface area contributed by atoms with E-state index in [2.05, 4.69) is 10.6 Å². The van der Waals surface area contributed by atoms with Crippen molar-refractivity contribution in [1.29, 1.82) is 0 Å². The summed E-state index contributed by atoms with van der Waals surface area (Å²) in [4.78, 5) is 24.8. The highest BCUT2D eigenvalue weighted by Gasteiger charge is 2.50. The number of aliphatic carboxylic acids is 1. The zero-order chi connectivity index (χ0) is 17.9. The lowest BCUT2D eigenvalue weighted by Crippen LogP contribution is -2.56. The zero-order valence-electron chi connectivity index (χ0n) is 14.9. The molecule has 2 amide bonds. The molecule has 0 aromatic heterocycles. The van der Waals surface area contributed by atoms with Crippen LogP contribution in [0.4, 0.5) is 4.79 Å². The number of hydrogen-bond donors (Lipinski definition) is 4. The zero-order valence-corrected chi connectivity index (χ0v) is 14.9. The Bertz CT molecular complexity index is 459. The van der Waals surface area contributed by atoms with Crippen LogP contribution < -0.4 is 10.6 Å². The molecule has 2 aliphatic carbocycles. The van der Waals surface area contributed by atoms with E-state index in [-0.39, 0.29) is 42.1 Å². The van der Waals surface area contributed by atoms with Crippen molar-refractivity contribution in [1.82, 2.24) is 15.5 Å². The van der Waals surface area contributed by atoms with Crippen LogP contribution in [0.1, 0.15) is 46.5 Å². The number of urea groups is 1. The van der Waals surface area contributed by atoms with E-state index in [4.69, 9.17) is 5.11 Å². The molecule has 0 saturated heterocycles. The van der Waals surface area contributed by atoms with E-state index < -0.39 is 5.97 Å². The molecular formula is C17H31N3O4. The molecule has 7 heteroatoms. The number of carboxylic acid groups (broad SMARTS) is 1. The van der Waals surface area contributed by atoms with Crippen LogP contribution in [0.3, 0.4) is 0 Å². The molecule has 7 nitrogen and oxygen atoms in total. The smallest absolute Gasteiger partial charge is 0.317 e. The number of carbonyl (C=O) groups is 2. The second kappa shape index (κ2) is 7.70. The van der Waals surface area contributed by atoms with Gasteiger partial charge in [-0.25, -0.2) is 4.79 Å². The maximum atomic E-state index is 12.0. The van der Waals surface area contributed by atoms with Crippen molar-refractivity contribution in [2.75, 3.05) is 19.6 Å². The van der Waals surface area contributed by atoms with Gasteiger partial charge in [-0.15, -0.1) is 0 Å². The Kier molecular flexibility index (Phi) is 6.09. The first-order valence-electron chi connectivity index (χ1n) is 8.95. The van der Waals surface area contributed by atoms with Gasteiger partial charge < -0.3 is 20.8 Å². The van der Waals surface area contributed by atoms with Crippen LogP contribution in [-0.2, 0) is 4.79 Å². The molecule has 0 aromatic rings. The molecule has 4 N–H and O–H groups in total. The Hall–Kier alpha value is -1.34. The molecule has 2 rings (SSSR count). The summed E-state index contributed by atoms with van der Waals surface area (Å²) in [5, 5.41) is 25.0. The van der Waals surface area contributed by atoms with Gasteiger partial charge in [0.25, 0.3) is 0 Å². The first kappa shape index (κ1) is 19.0. The number of aliphatic hydroxyl groups is 1. The quantitative estimate of drug-likeness (QED) is 0.501. The molecule has 1 atom stereocenters. The van der Waals surface area contributed by atoms with E-state index in [9.17, 15) is 14.7 Å². The van der Waals surface area contributed by atoms with Crippen LogP contribution in [0.25, 0.3) is 0 Å². The van der Waals surface area contributed by atoms with Gasteiger partial charge in [-0.2, -0.15) is 0 Å². The monoisotopic (exact) mass is 341 g/mol. The van der Waals surface area contributed by atoms with Gasteiger partial charge >= 0.3 is 12.0 Å². The Balaban J connectivity index is 1.67. The molecule has 24 heavy (non-hydrogen) atoms. The molecule has 0 spiro atoms. The van der Waals surface area contributed by atoms with E-state index in [0.29, 0.717) is 13.1 Å². The third kappa shape index (κ3) is 4.60. The molecule has 2 fully saturated rings. The average Bonchev–Trinajstić information content (AvgIpc) is 3.26. The van der Waals surface area contributed by atoms with Gasteiger partial charge in [0.05, 0.1) is 12.6 Å². The molecule has 2 saturated carbocycles. The van der Waals surface area contributed by atoms with Crippen molar-refractivity contribution in [3.63, 3.8) is 0 Å². The average molecular weight is 341 g/mol. The number of nitrogens with zero attached hydrogens (tertiary/aromatic N) is 1. The maximum absolute atomic E-state index is 12.0. The van der Waals surface area contributed by atoms with Gasteiger partial charge in [0.2, 0.25) is 0 Å². The first-order chi connectivity index (χ1) is 11.3. The molecular weight excluding hydrogens is 310 g/mol. The van der Waals surface area contributed by atoms with Crippen LogP contribution in [0, 0.1) is 11.3 Å². The molecule has 0 aliphatic heterocycles. The van der Waals surface area contributed by atoms with E-state index in [1.807, 2.05) is 25.7 Å². The van der Waals surface area contributed by atoms with Crippen LogP contribution in [0.15, 0.2) is 0 Å². The minimum absolute atomic E-state index is 0.0513. The van der Waals surface area contributed by atoms with Crippen LogP contribution >= 0.6 is 0 Å². The van der Waals surface area contributed by atoms with Crippen molar-refractivity contribution in [2.45, 2.75) is 64.6 Å². The second-order valence-corrected chi connectivity index (χ2v) is 7.66. The normalized spacial score (nSPS) is 25.9. The summed E-state index contributed by atoms with van der Waals surface area (Å²) in [6, 6.07) is 0.138. The van der Waals surface area contributed by atoms with Gasteiger partial charge in [0.15, 0.2) is 0 Å². The van der Waals surface area contributed by atoms with Crippen molar-refractivity contribution in [3.05, 3.63) is 0 Å². The van der Waals surface area contributed by atoms with Gasteiger partial charge in [0.1, 0.15) is 0 Å². The minimum atomic E-state index is -0.815. The van der Waals surface area contributed by atoms with E-state index in [0.717, 1.165) is 25.7 Å². The number of carbonyl (C=O) groups excluding carboxylic acids is 1. The molecule has 0 bridgehead atoms. The maximum Gasteiger partial charge on any atom is 0.317 e. The Morgan fingerprint density at radius 1 is 1.29 bits per heavy atom. The number of aliphatic hydroxyl groups excluding tert-OH is 1. The van der Waals surface area contributed by atoms with Crippen molar-refractivity contribution < 1.29 is 19.8 Å². The predicted octanol–water partition coefficient (Wildman–Crippen LogP) is 1.02. The number of amides is 2. The number of rotatable bonds is 9. The highest BCUT2D eigenvalue weighted by atomic mass is 16.4. The number of hydrogen-bond acceptors (Lipinski definition) is 4. The largest absolute Gasteiger partial charge is 0.480 e. The van der Waals surface area contributed by atoms with Gasteiger partial charge in [-0.1, -0.05) is 20.8 Å². The van der Waals surface area contributed by atoms with E-state index in [1.54, 1.807) is 0 Å². The highest BCUT2D eigenvalue weighted by molar-refractivity contribution is 5.74. The highest BCUT2D eigenvalue weighted by Crippen LogP contribution is 2.50. The third-order valence-corrected chi connectivity index (χ3v) is 5.46. The summed E-state index contributed by atoms with van der Waals surface area (Å²) in [7, 11) is 0. The lowest BCUT2D eigenvalue weighted by molar-refractivity contribution is -0.139. The number of carboxylic acids is 1. The SMILES string of the molecule is CCN(CC(=O)O)C1CC(NC(=O)NCC2(C(O)C(C)C)CC2)C1. The summed E-state index contributed by atoms with van der Waals surface area (Å²) in [5.41, 5.74) is -0.145. The Morgan fingerprint density at radius 3 is 2.38 bits per heavy atom. The van der Waals surface area contributed by atoms with E-state index in [1.165, 1.54) is 0 Å². The fourth-order valence-electron chi connectivity index (χ4n) is 3.61. The molecule has 0 heterocycles. The van der Waals surface area contributed by atoms with Crippen LogP contribution in [0.5, 0.6) is 0 Å². The topological polar surface area (TPSA) is 102 Å². The summed E-state index contributed by atoms with van der Waals surface area (Å²) < 4.78 is 0. The first-order valence-corrected chi connectivity index (χ1v) is 8.95. The van der Waals surface area contributed by atoms with Crippen molar-refractivity contribution in [2.24, 2.45) is 11.3 Å². The summed E-state index contributed by atoms with van der Waals surface area (Å²) >= 11 is 0. The minimum Gasteiger partial charge on any atom is -0.480 e. The predicted molar refractivity (Wildman–Crippen MR) is 90.7 cm³/mol. The van der Waals surface area contributed by atoms with Crippen molar-refractivity contribution >= 4 is 12.0 Å².